The summed E-state index contributed by atoms with van der Waals surface area (Å²) < 4.78 is 0. The van der Waals surface area contributed by atoms with Crippen molar-refractivity contribution in [2.45, 2.75) is 48.9 Å². The van der Waals surface area contributed by atoms with Crippen molar-refractivity contribution in [2.24, 2.45) is 11.7 Å². The van der Waals surface area contributed by atoms with Gasteiger partial charge in [0.25, 0.3) is 0 Å². The third-order valence-corrected chi connectivity index (χ3v) is 4.64. The maximum atomic E-state index is 6.17. The average Bonchev–Trinajstić information content (AvgIpc) is 2.33. The van der Waals surface area contributed by atoms with Gasteiger partial charge in [-0.25, -0.2) is 4.98 Å². The molecule has 3 nitrogen and oxygen atoms in total. The Hall–Kier alpha value is -0.610. The van der Waals surface area contributed by atoms with Gasteiger partial charge in [-0.3, -0.25) is 4.98 Å². The van der Waals surface area contributed by atoms with Crippen molar-refractivity contribution in [1.29, 1.82) is 0 Å². The predicted molar refractivity (Wildman–Crippen MR) is 67.3 cm³/mol. The molecule has 1 aliphatic rings. The molecule has 2 N–H and O–H groups in total. The minimum absolute atomic E-state index is 0.315. The molecule has 16 heavy (non-hydrogen) atoms. The lowest BCUT2D eigenvalue weighted by atomic mass is 9.84. The quantitative estimate of drug-likeness (QED) is 0.877. The van der Waals surface area contributed by atoms with Crippen LogP contribution in [0.25, 0.3) is 0 Å². The van der Waals surface area contributed by atoms with E-state index in [0.29, 0.717) is 11.3 Å². The number of rotatable bonds is 3. The van der Waals surface area contributed by atoms with Gasteiger partial charge in [-0.2, -0.15) is 0 Å². The molecule has 0 bridgehead atoms. The average molecular weight is 237 g/mol. The monoisotopic (exact) mass is 237 g/mol. The van der Waals surface area contributed by atoms with Crippen molar-refractivity contribution in [1.82, 2.24) is 9.97 Å². The predicted octanol–water partition coefficient (Wildman–Crippen LogP) is 2.47. The number of hydrogen-bond acceptors (Lipinski definition) is 4. The highest BCUT2D eigenvalue weighted by molar-refractivity contribution is 7.99. The van der Waals surface area contributed by atoms with Crippen LogP contribution < -0.4 is 5.73 Å². The van der Waals surface area contributed by atoms with E-state index in [2.05, 4.69) is 16.9 Å². The van der Waals surface area contributed by atoms with Crippen molar-refractivity contribution >= 4 is 11.8 Å². The van der Waals surface area contributed by atoms with Crippen LogP contribution in [-0.2, 0) is 0 Å². The molecule has 0 amide bonds. The molecule has 3 atom stereocenters. The molecule has 1 fully saturated rings. The fourth-order valence-corrected chi connectivity index (χ4v) is 3.48. The van der Waals surface area contributed by atoms with E-state index < -0.39 is 0 Å². The minimum Gasteiger partial charge on any atom is -0.327 e. The zero-order valence-corrected chi connectivity index (χ0v) is 10.5. The second-order valence-corrected chi connectivity index (χ2v) is 5.71. The van der Waals surface area contributed by atoms with Crippen molar-refractivity contribution < 1.29 is 0 Å². The lowest BCUT2D eigenvalue weighted by Crippen LogP contribution is -2.38. The first kappa shape index (κ1) is 11.9. The number of nitrogens with two attached hydrogens (primary N) is 1. The maximum absolute atomic E-state index is 6.17. The Bertz CT molecular complexity index is 317. The first-order chi connectivity index (χ1) is 7.79. The molecule has 3 unspecified atom stereocenters. The zero-order valence-electron chi connectivity index (χ0n) is 9.67. The summed E-state index contributed by atoms with van der Waals surface area (Å²) in [4.78, 5) is 8.39. The molecule has 1 saturated carbocycles. The second-order valence-electron chi connectivity index (χ2n) is 4.45. The highest BCUT2D eigenvalue weighted by atomic mass is 32.2. The molecule has 0 saturated heterocycles. The maximum Gasteiger partial charge on any atom is 0.115 e. The third-order valence-electron chi connectivity index (χ3n) is 3.34. The molecule has 1 aliphatic carbocycles. The van der Waals surface area contributed by atoms with Crippen LogP contribution in [-0.4, -0.2) is 21.3 Å². The van der Waals surface area contributed by atoms with Crippen molar-refractivity contribution in [3.8, 4) is 0 Å². The molecule has 88 valence electrons. The molecular weight excluding hydrogens is 218 g/mol. The van der Waals surface area contributed by atoms with Gasteiger partial charge in [-0.15, -0.1) is 0 Å². The molecule has 0 aliphatic heterocycles. The number of thioether (sulfide) groups is 1. The molecule has 0 spiro atoms. The van der Waals surface area contributed by atoms with Gasteiger partial charge in [0.2, 0.25) is 0 Å². The molecule has 4 heteroatoms. The van der Waals surface area contributed by atoms with Gasteiger partial charge in [0.15, 0.2) is 0 Å². The Morgan fingerprint density at radius 3 is 3.00 bits per heavy atom. The standard InChI is InChI=1S/C12H19N3S/c1-2-9-3-4-10(13)11(7-9)16-12-8-14-5-6-15-12/h5-6,8-11H,2-4,7,13H2,1H3. The summed E-state index contributed by atoms with van der Waals surface area (Å²) in [5.74, 6) is 0.842. The summed E-state index contributed by atoms with van der Waals surface area (Å²) in [6.07, 6.45) is 10.2. The molecule has 1 aromatic rings. The Morgan fingerprint density at radius 2 is 2.31 bits per heavy atom. The first-order valence-corrected chi connectivity index (χ1v) is 6.85. The van der Waals surface area contributed by atoms with Crippen LogP contribution in [0.2, 0.25) is 0 Å². The molecule has 0 aromatic carbocycles. The number of nitrogens with zero attached hydrogens (tertiary/aromatic N) is 2. The summed E-state index contributed by atoms with van der Waals surface area (Å²) in [5.41, 5.74) is 6.17. The van der Waals surface area contributed by atoms with Crippen molar-refractivity contribution in [3.63, 3.8) is 0 Å². The lowest BCUT2D eigenvalue weighted by molar-refractivity contribution is 0.327. The molecule has 2 rings (SSSR count). The van der Waals surface area contributed by atoms with E-state index in [1.807, 2.05) is 6.20 Å². The van der Waals surface area contributed by atoms with E-state index in [4.69, 9.17) is 5.73 Å². The lowest BCUT2D eigenvalue weighted by Gasteiger charge is -2.32. The van der Waals surface area contributed by atoms with E-state index in [-0.39, 0.29) is 0 Å². The fraction of sp³-hybridized carbons (Fsp3) is 0.667. The van der Waals surface area contributed by atoms with Gasteiger partial charge >= 0.3 is 0 Å². The van der Waals surface area contributed by atoms with Crippen LogP contribution in [0.15, 0.2) is 23.6 Å². The minimum atomic E-state index is 0.315. The largest absolute Gasteiger partial charge is 0.327 e. The van der Waals surface area contributed by atoms with Crippen LogP contribution in [0.5, 0.6) is 0 Å². The van der Waals surface area contributed by atoms with Gasteiger partial charge in [0, 0.05) is 23.7 Å². The van der Waals surface area contributed by atoms with E-state index in [0.717, 1.165) is 17.4 Å². The third kappa shape index (κ3) is 2.95. The van der Waals surface area contributed by atoms with Gasteiger partial charge in [-0.1, -0.05) is 25.1 Å². The Labute approximate surface area is 101 Å². The van der Waals surface area contributed by atoms with E-state index in [1.165, 1.54) is 19.3 Å². The fourth-order valence-electron chi connectivity index (χ4n) is 2.24. The molecule has 1 aromatic heterocycles. The second kappa shape index (κ2) is 5.64. The Kier molecular flexibility index (Phi) is 4.18. The van der Waals surface area contributed by atoms with E-state index in [1.54, 1.807) is 24.2 Å². The van der Waals surface area contributed by atoms with Gasteiger partial charge in [0.1, 0.15) is 5.03 Å². The molecule has 1 heterocycles. The summed E-state index contributed by atoms with van der Waals surface area (Å²) in [6, 6.07) is 0.315. The Balaban J connectivity index is 1.97. The summed E-state index contributed by atoms with van der Waals surface area (Å²) in [7, 11) is 0. The van der Waals surface area contributed by atoms with E-state index in [9.17, 15) is 0 Å². The first-order valence-electron chi connectivity index (χ1n) is 5.98. The van der Waals surface area contributed by atoms with Crippen LogP contribution in [0.4, 0.5) is 0 Å². The van der Waals surface area contributed by atoms with E-state index >= 15 is 0 Å². The summed E-state index contributed by atoms with van der Waals surface area (Å²) >= 11 is 1.79. The van der Waals surface area contributed by atoms with Gasteiger partial charge in [-0.05, 0) is 25.2 Å². The molecular formula is C12H19N3S. The smallest absolute Gasteiger partial charge is 0.115 e. The normalized spacial score (nSPS) is 30.2. The van der Waals surface area contributed by atoms with Crippen LogP contribution in [0.1, 0.15) is 32.6 Å². The van der Waals surface area contributed by atoms with Crippen LogP contribution in [0.3, 0.4) is 0 Å². The van der Waals surface area contributed by atoms with Crippen LogP contribution in [0, 0.1) is 5.92 Å². The topological polar surface area (TPSA) is 51.8 Å². The van der Waals surface area contributed by atoms with Gasteiger partial charge < -0.3 is 5.73 Å². The van der Waals surface area contributed by atoms with Crippen molar-refractivity contribution in [2.75, 3.05) is 0 Å². The summed E-state index contributed by atoms with van der Waals surface area (Å²) in [6.45, 7) is 2.27. The zero-order chi connectivity index (χ0) is 11.4. The van der Waals surface area contributed by atoms with Crippen molar-refractivity contribution in [3.05, 3.63) is 18.6 Å². The SMILES string of the molecule is CCC1CCC(N)C(Sc2cnccn2)C1. The van der Waals surface area contributed by atoms with Gasteiger partial charge in [0.05, 0.1) is 6.20 Å². The highest BCUT2D eigenvalue weighted by Gasteiger charge is 2.28. The number of hydrogen-bond donors (Lipinski definition) is 1. The molecule has 0 radical (unpaired) electrons. The highest BCUT2D eigenvalue weighted by Crippen LogP contribution is 2.35. The Morgan fingerprint density at radius 1 is 1.44 bits per heavy atom. The number of aromatic nitrogens is 2. The van der Waals surface area contributed by atoms with Crippen LogP contribution >= 0.6 is 11.8 Å². The summed E-state index contributed by atoms with van der Waals surface area (Å²) in [5, 5.41) is 1.51.